The van der Waals surface area contributed by atoms with E-state index in [-0.39, 0.29) is 8.80 Å². The lowest BCUT2D eigenvalue weighted by Gasteiger charge is -2.20. The van der Waals surface area contributed by atoms with Crippen molar-refractivity contribution in [1.29, 1.82) is 0 Å². The van der Waals surface area contributed by atoms with Crippen LogP contribution in [0.1, 0.15) is 0 Å². The molecule has 0 aliphatic heterocycles. The van der Waals surface area contributed by atoms with Crippen LogP contribution in [-0.4, -0.2) is 24.2 Å². The van der Waals surface area contributed by atoms with Crippen LogP contribution in [0.3, 0.4) is 0 Å². The molecule has 0 rings (SSSR count). The van der Waals surface area contributed by atoms with E-state index >= 15 is 0 Å². The summed E-state index contributed by atoms with van der Waals surface area (Å²) in [6.07, 6.45) is 0. The Balaban J connectivity index is 3.46. The minimum atomic E-state index is -1.21. The first-order valence-electron chi connectivity index (χ1n) is 3.82. The summed E-state index contributed by atoms with van der Waals surface area (Å²) in [5.41, 5.74) is 0. The van der Waals surface area contributed by atoms with E-state index in [2.05, 4.69) is 26.2 Å². The van der Waals surface area contributed by atoms with E-state index in [0.29, 0.717) is 0 Å². The largest absolute Gasteiger partial charge is 0.420 e. The monoisotopic (exact) mass is 175 g/mol. The maximum atomic E-state index is 5.44. The molecule has 0 bridgehead atoms. The number of rotatable bonds is 4. The average Bonchev–Trinajstić information content (AvgIpc) is 1.85. The minimum absolute atomic E-state index is 0.0227. The SMILES string of the molecule is CO[Si](C)(C)CC[Si](C)C. The molecule has 0 heterocycles. The Labute approximate surface area is 67.5 Å². The van der Waals surface area contributed by atoms with Gasteiger partial charge < -0.3 is 4.43 Å². The highest BCUT2D eigenvalue weighted by Gasteiger charge is 2.20. The smallest absolute Gasteiger partial charge is 0.185 e. The van der Waals surface area contributed by atoms with Crippen LogP contribution in [-0.2, 0) is 4.43 Å². The summed E-state index contributed by atoms with van der Waals surface area (Å²) in [6.45, 7) is 9.31. The van der Waals surface area contributed by atoms with Crippen LogP contribution in [0.2, 0.25) is 38.3 Å². The summed E-state index contributed by atoms with van der Waals surface area (Å²) < 4.78 is 5.44. The highest BCUT2D eigenvalue weighted by Crippen LogP contribution is 2.14. The third kappa shape index (κ3) is 5.20. The summed E-state index contributed by atoms with van der Waals surface area (Å²) in [7, 11) is 0.614. The van der Waals surface area contributed by atoms with Crippen molar-refractivity contribution in [2.24, 2.45) is 0 Å². The van der Waals surface area contributed by atoms with Crippen molar-refractivity contribution < 1.29 is 4.43 Å². The zero-order valence-electron chi connectivity index (χ0n) is 7.82. The molecule has 0 aliphatic rings. The molecule has 0 spiro atoms. The molecule has 0 saturated heterocycles. The van der Waals surface area contributed by atoms with Crippen LogP contribution >= 0.6 is 0 Å². The molecule has 0 N–H and O–H groups in total. The van der Waals surface area contributed by atoms with E-state index in [1.807, 2.05) is 7.11 Å². The third-order valence-corrected chi connectivity index (χ3v) is 6.09. The lowest BCUT2D eigenvalue weighted by Crippen LogP contribution is -2.29. The summed E-state index contributed by atoms with van der Waals surface area (Å²) in [6, 6.07) is 2.75. The molecule has 61 valence electrons. The molecule has 0 unspecified atom stereocenters. The summed E-state index contributed by atoms with van der Waals surface area (Å²) in [5.74, 6) is 0. The summed E-state index contributed by atoms with van der Waals surface area (Å²) >= 11 is 0. The van der Waals surface area contributed by atoms with Crippen molar-refractivity contribution in [1.82, 2.24) is 0 Å². The molecule has 0 atom stereocenters. The van der Waals surface area contributed by atoms with Gasteiger partial charge in [0.2, 0.25) is 0 Å². The van der Waals surface area contributed by atoms with Crippen LogP contribution in [0.15, 0.2) is 0 Å². The second-order valence-corrected chi connectivity index (χ2v) is 11.0. The molecule has 0 aliphatic carbocycles. The van der Waals surface area contributed by atoms with Gasteiger partial charge in [-0.2, -0.15) is 0 Å². The van der Waals surface area contributed by atoms with E-state index in [4.69, 9.17) is 4.43 Å². The Kier molecular flexibility index (Phi) is 4.48. The second kappa shape index (κ2) is 4.31. The van der Waals surface area contributed by atoms with E-state index in [0.717, 1.165) is 0 Å². The van der Waals surface area contributed by atoms with E-state index in [1.54, 1.807) is 0 Å². The van der Waals surface area contributed by atoms with Crippen molar-refractivity contribution >= 4 is 17.1 Å². The topological polar surface area (TPSA) is 9.23 Å². The highest BCUT2D eigenvalue weighted by molar-refractivity contribution is 6.72. The van der Waals surface area contributed by atoms with Crippen molar-refractivity contribution in [2.45, 2.75) is 38.3 Å². The van der Waals surface area contributed by atoms with E-state index < -0.39 is 8.32 Å². The first-order valence-corrected chi connectivity index (χ1v) is 9.64. The summed E-state index contributed by atoms with van der Waals surface area (Å²) in [5, 5.41) is 0. The zero-order valence-corrected chi connectivity index (χ0v) is 9.82. The van der Waals surface area contributed by atoms with Crippen LogP contribution in [0, 0.1) is 0 Å². The first kappa shape index (κ1) is 10.4. The van der Waals surface area contributed by atoms with Gasteiger partial charge in [0.05, 0.1) is 0 Å². The van der Waals surface area contributed by atoms with Crippen molar-refractivity contribution in [3.05, 3.63) is 0 Å². The molecule has 3 heteroatoms. The minimum Gasteiger partial charge on any atom is -0.420 e. The maximum absolute atomic E-state index is 5.44. The second-order valence-electron chi connectivity index (χ2n) is 3.67. The molecule has 0 aromatic heterocycles. The average molecular weight is 175 g/mol. The summed E-state index contributed by atoms with van der Waals surface area (Å²) in [4.78, 5) is 0. The quantitative estimate of drug-likeness (QED) is 0.597. The van der Waals surface area contributed by atoms with Crippen molar-refractivity contribution in [2.75, 3.05) is 7.11 Å². The fourth-order valence-electron chi connectivity index (χ4n) is 0.653. The van der Waals surface area contributed by atoms with Crippen molar-refractivity contribution in [3.63, 3.8) is 0 Å². The number of hydrogen-bond acceptors (Lipinski definition) is 1. The third-order valence-electron chi connectivity index (χ3n) is 1.78. The maximum Gasteiger partial charge on any atom is 0.185 e. The Morgan fingerprint density at radius 2 is 1.80 bits per heavy atom. The molecule has 0 amide bonds. The molecular weight excluding hydrogens is 156 g/mol. The Morgan fingerprint density at radius 3 is 2.10 bits per heavy atom. The van der Waals surface area contributed by atoms with Crippen molar-refractivity contribution in [3.8, 4) is 0 Å². The Hall–Kier alpha value is 0.394. The van der Waals surface area contributed by atoms with E-state index in [1.165, 1.54) is 12.1 Å². The molecule has 0 aromatic carbocycles. The van der Waals surface area contributed by atoms with E-state index in [9.17, 15) is 0 Å². The first-order chi connectivity index (χ1) is 4.48. The molecule has 1 radical (unpaired) electrons. The van der Waals surface area contributed by atoms with Gasteiger partial charge in [0.15, 0.2) is 8.32 Å². The van der Waals surface area contributed by atoms with Crippen LogP contribution in [0.4, 0.5) is 0 Å². The van der Waals surface area contributed by atoms with Gasteiger partial charge in [-0.1, -0.05) is 19.1 Å². The highest BCUT2D eigenvalue weighted by atomic mass is 28.4. The van der Waals surface area contributed by atoms with Gasteiger partial charge in [0, 0.05) is 15.9 Å². The molecule has 0 saturated carbocycles. The number of hydrogen-bond donors (Lipinski definition) is 0. The molecule has 10 heavy (non-hydrogen) atoms. The zero-order chi connectivity index (χ0) is 8.20. The fourth-order valence-corrected chi connectivity index (χ4v) is 5.27. The van der Waals surface area contributed by atoms with Crippen LogP contribution < -0.4 is 0 Å². The van der Waals surface area contributed by atoms with Gasteiger partial charge in [-0.25, -0.2) is 0 Å². The van der Waals surface area contributed by atoms with Gasteiger partial charge in [-0.15, -0.1) is 0 Å². The van der Waals surface area contributed by atoms with Crippen LogP contribution in [0.5, 0.6) is 0 Å². The van der Waals surface area contributed by atoms with Gasteiger partial charge in [0.1, 0.15) is 0 Å². The molecule has 1 nitrogen and oxygen atoms in total. The van der Waals surface area contributed by atoms with Gasteiger partial charge in [-0.3, -0.25) is 0 Å². The lowest BCUT2D eigenvalue weighted by atomic mass is 10.9. The predicted octanol–water partition coefficient (Wildman–Crippen LogP) is 2.59. The normalized spacial score (nSPS) is 12.6. The Morgan fingerprint density at radius 1 is 1.30 bits per heavy atom. The predicted molar refractivity (Wildman–Crippen MR) is 51.6 cm³/mol. The molecule has 0 fully saturated rings. The molecular formula is C7H19OSi2. The van der Waals surface area contributed by atoms with Gasteiger partial charge in [0.25, 0.3) is 0 Å². The van der Waals surface area contributed by atoms with Gasteiger partial charge >= 0.3 is 0 Å². The molecule has 0 aromatic rings. The van der Waals surface area contributed by atoms with Crippen LogP contribution in [0.25, 0.3) is 0 Å². The fraction of sp³-hybridized carbons (Fsp3) is 1.00. The lowest BCUT2D eigenvalue weighted by molar-refractivity contribution is 0.405. The standard InChI is InChI=1S/C7H19OSi2/c1-8-10(4,5)7-6-9(2)3/h6-7H2,1-5H3. The Bertz CT molecular complexity index is 91.6. The van der Waals surface area contributed by atoms with Gasteiger partial charge in [-0.05, 0) is 19.1 Å².